The molecule has 0 spiro atoms. The molecule has 0 radical (unpaired) electrons. The summed E-state index contributed by atoms with van der Waals surface area (Å²) in [5.74, 6) is 0.529. The third-order valence-corrected chi connectivity index (χ3v) is 5.80. The number of ether oxygens (including phenoxy) is 1. The van der Waals surface area contributed by atoms with E-state index in [-0.39, 0.29) is 5.91 Å². The van der Waals surface area contributed by atoms with Gasteiger partial charge in [-0.25, -0.2) is 4.98 Å². The number of alkyl halides is 1. The van der Waals surface area contributed by atoms with E-state index in [9.17, 15) is 4.79 Å². The van der Waals surface area contributed by atoms with Crippen LogP contribution in [0.1, 0.15) is 10.9 Å². The van der Waals surface area contributed by atoms with E-state index in [2.05, 4.69) is 15.6 Å². The van der Waals surface area contributed by atoms with Crippen LogP contribution in [-0.2, 0) is 4.79 Å². The summed E-state index contributed by atoms with van der Waals surface area (Å²) in [6.07, 6.45) is 0. The Bertz CT molecular complexity index is 1160. The number of methoxy groups -OCH3 is 1. The molecule has 7 heteroatoms. The molecular formula is C24H20ClN3O2S. The Morgan fingerprint density at radius 3 is 2.52 bits per heavy atom. The van der Waals surface area contributed by atoms with Gasteiger partial charge in [0, 0.05) is 22.3 Å². The minimum atomic E-state index is -0.760. The molecule has 2 N–H and O–H groups in total. The van der Waals surface area contributed by atoms with Gasteiger partial charge >= 0.3 is 0 Å². The predicted molar refractivity (Wildman–Crippen MR) is 127 cm³/mol. The van der Waals surface area contributed by atoms with E-state index in [1.807, 2.05) is 84.2 Å². The van der Waals surface area contributed by atoms with Gasteiger partial charge in [0.05, 0.1) is 12.8 Å². The van der Waals surface area contributed by atoms with Gasteiger partial charge in [-0.2, -0.15) is 0 Å². The number of hydrogen-bond acceptors (Lipinski definition) is 5. The van der Waals surface area contributed by atoms with Crippen molar-refractivity contribution < 1.29 is 9.53 Å². The van der Waals surface area contributed by atoms with Gasteiger partial charge < -0.3 is 15.4 Å². The number of anilines is 3. The van der Waals surface area contributed by atoms with E-state index in [0.717, 1.165) is 33.4 Å². The summed E-state index contributed by atoms with van der Waals surface area (Å²) < 4.78 is 5.18. The lowest BCUT2D eigenvalue weighted by Gasteiger charge is -2.11. The first-order valence-electron chi connectivity index (χ1n) is 9.59. The fourth-order valence-corrected chi connectivity index (χ4v) is 3.94. The standard InChI is InChI=1S/C24H20ClN3O2S/c1-30-20-12-10-18(11-13-20)27-24-28-21(15-31-24)17-8-5-9-19(14-17)26-23(29)22(25)16-6-3-2-4-7-16/h2-15,22H,1H3,(H,26,29)(H,27,28). The number of aromatic nitrogens is 1. The zero-order chi connectivity index (χ0) is 21.6. The van der Waals surface area contributed by atoms with Gasteiger partial charge in [-0.3, -0.25) is 4.79 Å². The molecule has 1 amide bonds. The van der Waals surface area contributed by atoms with Gasteiger partial charge in [0.25, 0.3) is 0 Å². The van der Waals surface area contributed by atoms with Crippen molar-refractivity contribution in [3.63, 3.8) is 0 Å². The fraction of sp³-hybridized carbons (Fsp3) is 0.0833. The van der Waals surface area contributed by atoms with Crippen molar-refractivity contribution in [2.24, 2.45) is 0 Å². The van der Waals surface area contributed by atoms with E-state index in [1.54, 1.807) is 7.11 Å². The molecular weight excluding hydrogens is 430 g/mol. The molecule has 1 unspecified atom stereocenters. The number of nitrogens with zero attached hydrogens (tertiary/aromatic N) is 1. The van der Waals surface area contributed by atoms with E-state index in [1.165, 1.54) is 11.3 Å². The number of thiazole rings is 1. The van der Waals surface area contributed by atoms with Crippen LogP contribution < -0.4 is 15.4 Å². The van der Waals surface area contributed by atoms with Crippen LogP contribution in [-0.4, -0.2) is 18.0 Å². The Kier molecular flexibility index (Phi) is 6.50. The summed E-state index contributed by atoms with van der Waals surface area (Å²) in [7, 11) is 1.64. The molecule has 0 aliphatic carbocycles. The number of amides is 1. The number of carbonyl (C=O) groups is 1. The lowest BCUT2D eigenvalue weighted by molar-refractivity contribution is -0.116. The smallest absolute Gasteiger partial charge is 0.246 e. The van der Waals surface area contributed by atoms with E-state index in [4.69, 9.17) is 16.3 Å². The first kappa shape index (κ1) is 20.9. The maximum Gasteiger partial charge on any atom is 0.246 e. The van der Waals surface area contributed by atoms with Crippen molar-refractivity contribution in [3.05, 3.63) is 89.8 Å². The summed E-state index contributed by atoms with van der Waals surface area (Å²) in [4.78, 5) is 17.2. The normalized spacial score (nSPS) is 11.5. The molecule has 0 aliphatic heterocycles. The largest absolute Gasteiger partial charge is 0.497 e. The van der Waals surface area contributed by atoms with Crippen LogP contribution >= 0.6 is 22.9 Å². The molecule has 0 bridgehead atoms. The second-order valence-electron chi connectivity index (χ2n) is 6.73. The summed E-state index contributed by atoms with van der Waals surface area (Å²) in [5, 5.41) is 8.17. The number of halogens is 1. The van der Waals surface area contributed by atoms with E-state index < -0.39 is 5.38 Å². The minimum Gasteiger partial charge on any atom is -0.497 e. The second kappa shape index (κ2) is 9.64. The number of nitrogens with one attached hydrogen (secondary N) is 2. The maximum absolute atomic E-state index is 12.5. The number of carbonyl (C=O) groups excluding carboxylic acids is 1. The van der Waals surface area contributed by atoms with Gasteiger partial charge in [-0.15, -0.1) is 22.9 Å². The molecule has 156 valence electrons. The van der Waals surface area contributed by atoms with Crippen molar-refractivity contribution in [2.75, 3.05) is 17.7 Å². The molecule has 3 aromatic carbocycles. The van der Waals surface area contributed by atoms with E-state index in [0.29, 0.717) is 5.69 Å². The van der Waals surface area contributed by atoms with Crippen molar-refractivity contribution in [2.45, 2.75) is 5.38 Å². The van der Waals surface area contributed by atoms with Gasteiger partial charge in [-0.1, -0.05) is 42.5 Å². The fourth-order valence-electron chi connectivity index (χ4n) is 3.00. The van der Waals surface area contributed by atoms with Crippen LogP contribution in [0.5, 0.6) is 5.75 Å². The van der Waals surface area contributed by atoms with Crippen LogP contribution in [0.15, 0.2) is 84.2 Å². The SMILES string of the molecule is COc1ccc(Nc2nc(-c3cccc(NC(=O)C(Cl)c4ccccc4)c3)cs2)cc1. The van der Waals surface area contributed by atoms with Crippen LogP contribution in [0.3, 0.4) is 0 Å². The summed E-state index contributed by atoms with van der Waals surface area (Å²) in [5.41, 5.74) is 4.08. The first-order valence-corrected chi connectivity index (χ1v) is 10.9. The Morgan fingerprint density at radius 2 is 1.77 bits per heavy atom. The van der Waals surface area contributed by atoms with Crippen molar-refractivity contribution in [1.29, 1.82) is 0 Å². The summed E-state index contributed by atoms with van der Waals surface area (Å²) in [6, 6.07) is 24.5. The van der Waals surface area contributed by atoms with Crippen LogP contribution in [0.4, 0.5) is 16.5 Å². The lowest BCUT2D eigenvalue weighted by atomic mass is 10.1. The number of hydrogen-bond donors (Lipinski definition) is 2. The highest BCUT2D eigenvalue weighted by Crippen LogP contribution is 2.30. The number of rotatable bonds is 7. The Morgan fingerprint density at radius 1 is 1.00 bits per heavy atom. The third-order valence-electron chi connectivity index (χ3n) is 4.59. The van der Waals surface area contributed by atoms with Crippen LogP contribution in [0.2, 0.25) is 0 Å². The molecule has 1 heterocycles. The molecule has 4 rings (SSSR count). The van der Waals surface area contributed by atoms with Crippen molar-refractivity contribution >= 4 is 45.4 Å². The molecule has 1 atom stereocenters. The Balaban J connectivity index is 1.45. The molecule has 5 nitrogen and oxygen atoms in total. The summed E-state index contributed by atoms with van der Waals surface area (Å²) in [6.45, 7) is 0. The van der Waals surface area contributed by atoms with Gasteiger partial charge in [0.2, 0.25) is 5.91 Å². The van der Waals surface area contributed by atoms with Gasteiger partial charge in [0.1, 0.15) is 11.1 Å². The van der Waals surface area contributed by atoms with Crippen molar-refractivity contribution in [3.8, 4) is 17.0 Å². The average molecular weight is 450 g/mol. The second-order valence-corrected chi connectivity index (χ2v) is 8.03. The Hall–Kier alpha value is -3.35. The Labute approximate surface area is 189 Å². The lowest BCUT2D eigenvalue weighted by Crippen LogP contribution is -2.17. The third kappa shape index (κ3) is 5.23. The first-order chi connectivity index (χ1) is 15.1. The van der Waals surface area contributed by atoms with Gasteiger partial charge in [-0.05, 0) is 42.0 Å². The molecule has 0 fully saturated rings. The quantitative estimate of drug-likeness (QED) is 0.317. The van der Waals surface area contributed by atoms with E-state index >= 15 is 0 Å². The molecule has 0 saturated carbocycles. The van der Waals surface area contributed by atoms with Gasteiger partial charge in [0.15, 0.2) is 5.13 Å². The molecule has 0 aliphatic rings. The zero-order valence-electron chi connectivity index (χ0n) is 16.7. The highest BCUT2D eigenvalue weighted by molar-refractivity contribution is 7.14. The van der Waals surface area contributed by atoms with Crippen LogP contribution in [0.25, 0.3) is 11.3 Å². The highest BCUT2D eigenvalue weighted by Gasteiger charge is 2.17. The molecule has 0 saturated heterocycles. The zero-order valence-corrected chi connectivity index (χ0v) is 18.3. The number of benzene rings is 3. The summed E-state index contributed by atoms with van der Waals surface area (Å²) >= 11 is 7.83. The van der Waals surface area contributed by atoms with Crippen LogP contribution in [0, 0.1) is 0 Å². The maximum atomic E-state index is 12.5. The minimum absolute atomic E-state index is 0.273. The molecule has 1 aromatic heterocycles. The monoisotopic (exact) mass is 449 g/mol. The topological polar surface area (TPSA) is 63.2 Å². The molecule has 4 aromatic rings. The predicted octanol–water partition coefficient (Wildman–Crippen LogP) is 6.48. The highest BCUT2D eigenvalue weighted by atomic mass is 35.5. The average Bonchev–Trinajstić information content (AvgIpc) is 3.28. The van der Waals surface area contributed by atoms with Crippen molar-refractivity contribution in [1.82, 2.24) is 4.98 Å². The molecule has 31 heavy (non-hydrogen) atoms.